The summed E-state index contributed by atoms with van der Waals surface area (Å²) in [6, 6.07) is 11.5. The highest BCUT2D eigenvalue weighted by Gasteiger charge is 2.20. The standard InChI is InChI=1S/C25H24N8O2S/c1-2-12-32-24(34)19-15-27-25(29-17-6-7-20-16(13-17)14-28-36-20)31-23(19)33(32)21-4-3-5-22(30-21)35-18-8-10-26-11-9-18/h2-7,13-15,18,26H,1,8-12H2,(H,27,29,31). The van der Waals surface area contributed by atoms with E-state index in [4.69, 9.17) is 14.7 Å². The van der Waals surface area contributed by atoms with Gasteiger partial charge in [0.15, 0.2) is 11.5 Å². The summed E-state index contributed by atoms with van der Waals surface area (Å²) < 4.78 is 14.7. The molecular weight excluding hydrogens is 476 g/mol. The van der Waals surface area contributed by atoms with E-state index >= 15 is 0 Å². The van der Waals surface area contributed by atoms with Gasteiger partial charge in [-0.1, -0.05) is 12.1 Å². The second-order valence-electron chi connectivity index (χ2n) is 8.52. The van der Waals surface area contributed by atoms with E-state index < -0.39 is 0 Å². The van der Waals surface area contributed by atoms with Gasteiger partial charge in [-0.15, -0.1) is 6.58 Å². The lowest BCUT2D eigenvalue weighted by atomic mass is 10.1. The summed E-state index contributed by atoms with van der Waals surface area (Å²) in [7, 11) is 0. The van der Waals surface area contributed by atoms with Crippen LogP contribution in [0.4, 0.5) is 11.6 Å². The first-order chi connectivity index (χ1) is 17.7. The third-order valence-corrected chi connectivity index (χ3v) is 6.87. The van der Waals surface area contributed by atoms with Gasteiger partial charge in [-0.3, -0.25) is 4.79 Å². The molecule has 0 spiro atoms. The highest BCUT2D eigenvalue weighted by Crippen LogP contribution is 2.25. The maximum Gasteiger partial charge on any atom is 0.278 e. The van der Waals surface area contributed by atoms with Gasteiger partial charge in [0.25, 0.3) is 5.56 Å². The third-order valence-electron chi connectivity index (χ3n) is 6.09. The molecule has 1 aliphatic heterocycles. The van der Waals surface area contributed by atoms with E-state index in [2.05, 4.69) is 26.6 Å². The molecule has 182 valence electrons. The monoisotopic (exact) mass is 500 g/mol. The molecule has 0 amide bonds. The largest absolute Gasteiger partial charge is 0.474 e. The number of nitrogens with one attached hydrogen (secondary N) is 2. The Kier molecular flexibility index (Phi) is 5.91. The number of rotatable bonds is 7. The Morgan fingerprint density at radius 1 is 1.19 bits per heavy atom. The molecule has 1 aliphatic rings. The van der Waals surface area contributed by atoms with Gasteiger partial charge in [0.1, 0.15) is 11.5 Å². The molecule has 11 heteroatoms. The molecule has 0 saturated carbocycles. The summed E-state index contributed by atoms with van der Waals surface area (Å²) in [5.74, 6) is 1.42. The number of hydrogen-bond donors (Lipinski definition) is 2. The van der Waals surface area contributed by atoms with Crippen molar-refractivity contribution in [1.82, 2.24) is 34.0 Å². The first-order valence-corrected chi connectivity index (χ1v) is 12.5. The molecule has 0 aliphatic carbocycles. The quantitative estimate of drug-likeness (QED) is 0.326. The summed E-state index contributed by atoms with van der Waals surface area (Å²) in [5, 5.41) is 8.01. The molecule has 10 nitrogen and oxygen atoms in total. The van der Waals surface area contributed by atoms with Crippen molar-refractivity contribution in [3.63, 3.8) is 0 Å². The molecule has 0 atom stereocenters. The predicted molar refractivity (Wildman–Crippen MR) is 141 cm³/mol. The lowest BCUT2D eigenvalue weighted by molar-refractivity contribution is 0.156. The van der Waals surface area contributed by atoms with Gasteiger partial charge in [0.05, 0.1) is 11.2 Å². The average Bonchev–Trinajstić information content (AvgIpc) is 3.47. The van der Waals surface area contributed by atoms with Gasteiger partial charge in [0, 0.05) is 29.5 Å². The van der Waals surface area contributed by atoms with Gasteiger partial charge in [-0.25, -0.2) is 14.3 Å². The third kappa shape index (κ3) is 4.23. The van der Waals surface area contributed by atoms with Crippen molar-refractivity contribution in [2.45, 2.75) is 25.5 Å². The van der Waals surface area contributed by atoms with E-state index in [0.717, 1.165) is 41.7 Å². The van der Waals surface area contributed by atoms with Crippen LogP contribution in [0.15, 0.2) is 66.2 Å². The number of ether oxygens (including phenoxy) is 1. The van der Waals surface area contributed by atoms with Crippen molar-refractivity contribution >= 4 is 44.3 Å². The van der Waals surface area contributed by atoms with Crippen LogP contribution in [0, 0.1) is 0 Å². The summed E-state index contributed by atoms with van der Waals surface area (Å²) in [4.78, 5) is 27.1. The molecule has 5 aromatic rings. The number of piperidine rings is 1. The lowest BCUT2D eigenvalue weighted by Gasteiger charge is -2.23. The predicted octanol–water partition coefficient (Wildman–Crippen LogP) is 3.65. The molecule has 2 N–H and O–H groups in total. The molecule has 4 aromatic heterocycles. The summed E-state index contributed by atoms with van der Waals surface area (Å²) in [6.45, 7) is 5.96. The number of aromatic nitrogens is 6. The van der Waals surface area contributed by atoms with E-state index in [1.807, 2.05) is 42.6 Å². The first-order valence-electron chi connectivity index (χ1n) is 11.8. The smallest absolute Gasteiger partial charge is 0.278 e. The van der Waals surface area contributed by atoms with Crippen LogP contribution in [0.1, 0.15) is 12.8 Å². The number of benzene rings is 1. The van der Waals surface area contributed by atoms with Crippen molar-refractivity contribution in [2.75, 3.05) is 18.4 Å². The number of hydrogen-bond acceptors (Lipinski definition) is 9. The van der Waals surface area contributed by atoms with Crippen molar-refractivity contribution < 1.29 is 4.74 Å². The summed E-state index contributed by atoms with van der Waals surface area (Å²) in [6.07, 6.45) is 7.00. The molecule has 1 aromatic carbocycles. The Bertz CT molecular complexity index is 1620. The number of anilines is 2. The van der Waals surface area contributed by atoms with Crippen LogP contribution in [0.2, 0.25) is 0 Å². The van der Waals surface area contributed by atoms with Crippen molar-refractivity contribution in [3.05, 3.63) is 71.8 Å². The van der Waals surface area contributed by atoms with Crippen LogP contribution in [-0.4, -0.2) is 47.9 Å². The second-order valence-corrected chi connectivity index (χ2v) is 9.36. The molecular formula is C25H24N8O2S. The van der Waals surface area contributed by atoms with E-state index in [1.165, 1.54) is 11.5 Å². The highest BCUT2D eigenvalue weighted by atomic mass is 32.1. The van der Waals surface area contributed by atoms with Crippen LogP contribution in [0.3, 0.4) is 0 Å². The zero-order valence-electron chi connectivity index (χ0n) is 19.4. The zero-order valence-corrected chi connectivity index (χ0v) is 20.2. The van der Waals surface area contributed by atoms with Crippen molar-refractivity contribution in [3.8, 4) is 11.7 Å². The topological polar surface area (TPSA) is 112 Å². The van der Waals surface area contributed by atoms with Gasteiger partial charge in [-0.2, -0.15) is 14.3 Å². The van der Waals surface area contributed by atoms with Crippen LogP contribution in [-0.2, 0) is 6.54 Å². The van der Waals surface area contributed by atoms with Crippen LogP contribution < -0.4 is 20.9 Å². The highest BCUT2D eigenvalue weighted by molar-refractivity contribution is 7.13. The minimum Gasteiger partial charge on any atom is -0.474 e. The fraction of sp³-hybridized carbons (Fsp3) is 0.240. The first kappa shape index (κ1) is 22.4. The van der Waals surface area contributed by atoms with Crippen LogP contribution >= 0.6 is 11.5 Å². The number of nitrogens with zero attached hydrogens (tertiary/aromatic N) is 6. The normalized spacial score (nSPS) is 14.3. The molecule has 36 heavy (non-hydrogen) atoms. The Balaban J connectivity index is 1.40. The Morgan fingerprint density at radius 2 is 2.08 bits per heavy atom. The SMILES string of the molecule is C=CCn1c(=O)c2cnc(Nc3ccc4sncc4c3)nc2n1-c1cccc(OC2CCNCC2)n1. The minimum atomic E-state index is -0.214. The van der Waals surface area contributed by atoms with Crippen molar-refractivity contribution in [2.24, 2.45) is 0 Å². The van der Waals surface area contributed by atoms with Crippen LogP contribution in [0.5, 0.6) is 5.88 Å². The van der Waals surface area contributed by atoms with E-state index in [1.54, 1.807) is 21.6 Å². The summed E-state index contributed by atoms with van der Waals surface area (Å²) in [5.41, 5.74) is 1.06. The fourth-order valence-electron chi connectivity index (χ4n) is 4.36. The summed E-state index contributed by atoms with van der Waals surface area (Å²) >= 11 is 1.45. The molecule has 0 radical (unpaired) electrons. The molecule has 6 rings (SSSR count). The van der Waals surface area contributed by atoms with Crippen LogP contribution in [0.25, 0.3) is 26.9 Å². The zero-order chi connectivity index (χ0) is 24.5. The number of pyridine rings is 1. The number of allylic oxidation sites excluding steroid dienone is 1. The van der Waals surface area contributed by atoms with Gasteiger partial charge in [0.2, 0.25) is 11.8 Å². The van der Waals surface area contributed by atoms with E-state index in [0.29, 0.717) is 35.2 Å². The average molecular weight is 501 g/mol. The van der Waals surface area contributed by atoms with Gasteiger partial charge < -0.3 is 15.4 Å². The molecule has 1 saturated heterocycles. The van der Waals surface area contributed by atoms with Gasteiger partial charge >= 0.3 is 0 Å². The Labute approximate surface area is 210 Å². The lowest BCUT2D eigenvalue weighted by Crippen LogP contribution is -2.34. The van der Waals surface area contributed by atoms with E-state index in [-0.39, 0.29) is 11.7 Å². The number of fused-ring (bicyclic) bond motifs is 2. The fourth-order valence-corrected chi connectivity index (χ4v) is 4.99. The van der Waals surface area contributed by atoms with Gasteiger partial charge in [-0.05, 0) is 61.7 Å². The van der Waals surface area contributed by atoms with E-state index in [9.17, 15) is 4.79 Å². The second kappa shape index (κ2) is 9.51. The maximum absolute atomic E-state index is 13.2. The minimum absolute atomic E-state index is 0.111. The Morgan fingerprint density at radius 3 is 2.94 bits per heavy atom. The van der Waals surface area contributed by atoms with Crippen molar-refractivity contribution in [1.29, 1.82) is 0 Å². The molecule has 0 unspecified atom stereocenters. The molecule has 1 fully saturated rings. The molecule has 0 bridgehead atoms. The maximum atomic E-state index is 13.2. The molecule has 5 heterocycles. The Hall–Kier alpha value is -4.09.